The lowest BCUT2D eigenvalue weighted by molar-refractivity contribution is -0.137. The van der Waals surface area contributed by atoms with Crippen molar-refractivity contribution in [1.29, 1.82) is 0 Å². The first kappa shape index (κ1) is 17.8. The van der Waals surface area contributed by atoms with Gasteiger partial charge in [-0.05, 0) is 29.1 Å². The van der Waals surface area contributed by atoms with Crippen LogP contribution in [0.25, 0.3) is 10.2 Å². The Balaban J connectivity index is 1.86. The highest BCUT2D eigenvalue weighted by molar-refractivity contribution is 7.98. The van der Waals surface area contributed by atoms with Crippen LogP contribution in [-0.2, 0) is 18.5 Å². The number of benzene rings is 1. The fraction of sp³-hybridized carbons (Fsp3) is 0.176. The predicted molar refractivity (Wildman–Crippen MR) is 95.1 cm³/mol. The van der Waals surface area contributed by atoms with Crippen molar-refractivity contribution >= 4 is 33.3 Å². The lowest BCUT2D eigenvalue weighted by atomic mass is 10.1. The molecule has 3 rings (SSSR count). The van der Waals surface area contributed by atoms with Crippen LogP contribution in [0, 0.1) is 0 Å². The molecule has 25 heavy (non-hydrogen) atoms. The number of alkyl halides is 3. The predicted octanol–water partition coefficient (Wildman–Crippen LogP) is 4.96. The zero-order valence-electron chi connectivity index (χ0n) is 12.9. The van der Waals surface area contributed by atoms with Crippen LogP contribution in [0.15, 0.2) is 58.3 Å². The molecular weight excluding hydrogens is 369 g/mol. The summed E-state index contributed by atoms with van der Waals surface area (Å²) in [7, 11) is 0. The van der Waals surface area contributed by atoms with Gasteiger partial charge in [-0.2, -0.15) is 13.2 Å². The normalized spacial score (nSPS) is 11.8. The van der Waals surface area contributed by atoms with E-state index in [1.165, 1.54) is 39.8 Å². The summed E-state index contributed by atoms with van der Waals surface area (Å²) in [5.41, 5.74) is -0.0901. The Morgan fingerprint density at radius 1 is 1.24 bits per heavy atom. The summed E-state index contributed by atoms with van der Waals surface area (Å²) in [4.78, 5) is 17.7. The van der Waals surface area contributed by atoms with Crippen LogP contribution in [0.5, 0.6) is 0 Å². The van der Waals surface area contributed by atoms with Crippen LogP contribution >= 0.6 is 23.1 Å². The van der Waals surface area contributed by atoms with E-state index in [4.69, 9.17) is 0 Å². The highest BCUT2D eigenvalue weighted by Gasteiger charge is 2.29. The van der Waals surface area contributed by atoms with Crippen molar-refractivity contribution in [3.05, 3.63) is 69.8 Å². The van der Waals surface area contributed by atoms with Gasteiger partial charge in [0.2, 0.25) is 0 Å². The molecule has 2 heterocycles. The van der Waals surface area contributed by atoms with Crippen molar-refractivity contribution in [3.8, 4) is 0 Å². The molecule has 3 nitrogen and oxygen atoms in total. The summed E-state index contributed by atoms with van der Waals surface area (Å²) in [6.45, 7) is 3.98. The molecule has 0 saturated carbocycles. The molecule has 130 valence electrons. The number of fused-ring (bicyclic) bond motifs is 1. The van der Waals surface area contributed by atoms with Crippen LogP contribution in [0.2, 0.25) is 0 Å². The number of thioether (sulfide) groups is 1. The first-order valence-electron chi connectivity index (χ1n) is 7.28. The fourth-order valence-electron chi connectivity index (χ4n) is 2.27. The average molecular weight is 382 g/mol. The van der Waals surface area contributed by atoms with Crippen molar-refractivity contribution in [2.45, 2.75) is 23.6 Å². The number of hydrogen-bond donors (Lipinski definition) is 0. The summed E-state index contributed by atoms with van der Waals surface area (Å²) in [6, 6.07) is 6.73. The molecule has 0 fully saturated rings. The maximum absolute atomic E-state index is 12.6. The third-order valence-corrected chi connectivity index (χ3v) is 5.36. The SMILES string of the molecule is C=CCn1c(SCc2ccc(C(F)(F)F)cc2)nc2sccc2c1=O. The molecule has 0 radical (unpaired) electrons. The molecule has 0 aliphatic carbocycles. The van der Waals surface area contributed by atoms with Gasteiger partial charge in [-0.25, -0.2) is 4.98 Å². The third kappa shape index (κ3) is 3.80. The maximum Gasteiger partial charge on any atom is 0.416 e. The van der Waals surface area contributed by atoms with Crippen molar-refractivity contribution in [2.75, 3.05) is 0 Å². The van der Waals surface area contributed by atoms with Crippen LogP contribution in [0.3, 0.4) is 0 Å². The molecule has 0 bridgehead atoms. The first-order valence-corrected chi connectivity index (χ1v) is 9.14. The van der Waals surface area contributed by atoms with E-state index in [1.54, 1.807) is 12.1 Å². The van der Waals surface area contributed by atoms with Gasteiger partial charge in [-0.15, -0.1) is 17.9 Å². The molecule has 2 aromatic heterocycles. The summed E-state index contributed by atoms with van der Waals surface area (Å²) >= 11 is 2.70. The van der Waals surface area contributed by atoms with Crippen LogP contribution in [-0.4, -0.2) is 9.55 Å². The van der Waals surface area contributed by atoms with Crippen molar-refractivity contribution in [1.82, 2.24) is 9.55 Å². The second-order valence-corrected chi connectivity index (χ2v) is 7.06. The fourth-order valence-corrected chi connectivity index (χ4v) is 4.04. The Morgan fingerprint density at radius 3 is 2.60 bits per heavy atom. The number of thiophene rings is 1. The van der Waals surface area contributed by atoms with E-state index in [0.29, 0.717) is 27.7 Å². The zero-order valence-corrected chi connectivity index (χ0v) is 14.5. The highest BCUT2D eigenvalue weighted by atomic mass is 32.2. The van der Waals surface area contributed by atoms with Gasteiger partial charge in [-0.1, -0.05) is 30.0 Å². The second kappa shape index (κ2) is 7.05. The summed E-state index contributed by atoms with van der Waals surface area (Å²) in [5, 5.41) is 2.90. The highest BCUT2D eigenvalue weighted by Crippen LogP contribution is 2.30. The maximum atomic E-state index is 12.6. The van der Waals surface area contributed by atoms with Gasteiger partial charge in [0.1, 0.15) is 4.83 Å². The quantitative estimate of drug-likeness (QED) is 0.356. The molecule has 0 spiro atoms. The van der Waals surface area contributed by atoms with E-state index in [1.807, 2.05) is 5.38 Å². The molecule has 0 N–H and O–H groups in total. The minimum atomic E-state index is -4.35. The van der Waals surface area contributed by atoms with Gasteiger partial charge in [0, 0.05) is 12.3 Å². The van der Waals surface area contributed by atoms with Crippen molar-refractivity contribution in [2.24, 2.45) is 0 Å². The minimum absolute atomic E-state index is 0.138. The number of allylic oxidation sites excluding steroid dienone is 1. The number of hydrogen-bond acceptors (Lipinski definition) is 4. The minimum Gasteiger partial charge on any atom is -0.283 e. The number of rotatable bonds is 5. The van der Waals surface area contributed by atoms with E-state index >= 15 is 0 Å². The number of halogens is 3. The van der Waals surface area contributed by atoms with E-state index in [9.17, 15) is 18.0 Å². The van der Waals surface area contributed by atoms with E-state index in [0.717, 1.165) is 17.7 Å². The first-order chi connectivity index (χ1) is 11.9. The van der Waals surface area contributed by atoms with E-state index < -0.39 is 11.7 Å². The molecule has 0 atom stereocenters. The van der Waals surface area contributed by atoms with Gasteiger partial charge in [0.05, 0.1) is 10.9 Å². The van der Waals surface area contributed by atoms with E-state index in [-0.39, 0.29) is 5.56 Å². The standard InChI is InChI=1S/C17H13F3N2OS2/c1-2-8-22-15(23)13-7-9-24-14(13)21-16(22)25-10-11-3-5-12(6-4-11)17(18,19)20/h2-7,9H,1,8,10H2. The topological polar surface area (TPSA) is 34.9 Å². The van der Waals surface area contributed by atoms with Crippen LogP contribution < -0.4 is 5.56 Å². The smallest absolute Gasteiger partial charge is 0.283 e. The molecular formula is C17H13F3N2OS2. The van der Waals surface area contributed by atoms with E-state index in [2.05, 4.69) is 11.6 Å². The summed E-state index contributed by atoms with van der Waals surface area (Å²) in [6.07, 6.45) is -2.73. The molecule has 0 aliphatic heterocycles. The lowest BCUT2D eigenvalue weighted by Crippen LogP contribution is -2.22. The summed E-state index contributed by atoms with van der Waals surface area (Å²) in [5.74, 6) is 0.415. The molecule has 0 unspecified atom stereocenters. The van der Waals surface area contributed by atoms with Crippen molar-refractivity contribution < 1.29 is 13.2 Å². The van der Waals surface area contributed by atoms with Crippen molar-refractivity contribution in [3.63, 3.8) is 0 Å². The molecule has 8 heteroatoms. The van der Waals surface area contributed by atoms with Gasteiger partial charge >= 0.3 is 6.18 Å². The van der Waals surface area contributed by atoms with Gasteiger partial charge < -0.3 is 0 Å². The van der Waals surface area contributed by atoms with Crippen LogP contribution in [0.1, 0.15) is 11.1 Å². The Kier molecular flexibility index (Phi) is 5.01. The molecule has 1 aromatic carbocycles. The Bertz CT molecular complexity index is 959. The third-order valence-electron chi connectivity index (χ3n) is 3.51. The molecule has 0 amide bonds. The second-order valence-electron chi connectivity index (χ2n) is 5.22. The monoisotopic (exact) mass is 382 g/mol. The molecule has 3 aromatic rings. The van der Waals surface area contributed by atoms with Gasteiger partial charge in [0.15, 0.2) is 5.16 Å². The Labute approximate surface area is 149 Å². The summed E-state index contributed by atoms with van der Waals surface area (Å²) < 4.78 is 39.4. The zero-order chi connectivity index (χ0) is 18.0. The van der Waals surface area contributed by atoms with Crippen LogP contribution in [0.4, 0.5) is 13.2 Å². The number of nitrogens with zero attached hydrogens (tertiary/aromatic N) is 2. The average Bonchev–Trinajstić information content (AvgIpc) is 3.04. The Morgan fingerprint density at radius 2 is 1.96 bits per heavy atom. The van der Waals surface area contributed by atoms with Gasteiger partial charge in [-0.3, -0.25) is 9.36 Å². The largest absolute Gasteiger partial charge is 0.416 e. The lowest BCUT2D eigenvalue weighted by Gasteiger charge is -2.11. The van der Waals surface area contributed by atoms with Gasteiger partial charge in [0.25, 0.3) is 5.56 Å². The molecule has 0 saturated heterocycles. The molecule has 0 aliphatic rings. The Hall–Kier alpha value is -2.06. The number of aromatic nitrogens is 2.